The minimum absolute atomic E-state index is 0.0228. The number of hydrogen-bond acceptors (Lipinski definition) is 3. The van der Waals surface area contributed by atoms with Gasteiger partial charge in [0.1, 0.15) is 11.0 Å². The summed E-state index contributed by atoms with van der Waals surface area (Å²) < 4.78 is 44.4. The Kier molecular flexibility index (Phi) is 4.32. The standard InChI is InChI=1S/C16H16Cl2FN3O3S/c17-11-8-12(19)10(7-13(11)20-26(24,25)9-3-4-9)14-15(18)21-5-1-2-6-22(21)16(14)23/h7-9,20H,1-6H2. The van der Waals surface area contributed by atoms with E-state index in [1.165, 1.54) is 10.7 Å². The molecule has 1 saturated carbocycles. The predicted molar refractivity (Wildman–Crippen MR) is 98.9 cm³/mol. The van der Waals surface area contributed by atoms with Gasteiger partial charge in [0.25, 0.3) is 5.56 Å². The van der Waals surface area contributed by atoms with Gasteiger partial charge in [0.15, 0.2) is 0 Å². The first-order valence-corrected chi connectivity index (χ1v) is 10.6. The van der Waals surface area contributed by atoms with Crippen LogP contribution < -0.4 is 10.3 Å². The lowest BCUT2D eigenvalue weighted by Gasteiger charge is -2.17. The Bertz CT molecular complexity index is 1060. The van der Waals surface area contributed by atoms with Gasteiger partial charge in [-0.2, -0.15) is 0 Å². The number of aromatic nitrogens is 2. The molecule has 2 aromatic rings. The van der Waals surface area contributed by atoms with Crippen LogP contribution in [0.4, 0.5) is 10.1 Å². The van der Waals surface area contributed by atoms with Crippen molar-refractivity contribution in [1.82, 2.24) is 9.36 Å². The Morgan fingerprint density at radius 1 is 1.12 bits per heavy atom. The lowest BCUT2D eigenvalue weighted by molar-refractivity contribution is 0.356. The van der Waals surface area contributed by atoms with Crippen LogP contribution in [-0.4, -0.2) is 23.0 Å². The van der Waals surface area contributed by atoms with Gasteiger partial charge in [0.05, 0.1) is 21.5 Å². The minimum Gasteiger partial charge on any atom is -0.282 e. The van der Waals surface area contributed by atoms with Crippen molar-refractivity contribution < 1.29 is 12.8 Å². The summed E-state index contributed by atoms with van der Waals surface area (Å²) in [7, 11) is -3.58. The van der Waals surface area contributed by atoms with Crippen LogP contribution >= 0.6 is 23.2 Å². The monoisotopic (exact) mass is 419 g/mol. The third-order valence-corrected chi connectivity index (χ3v) is 7.25. The summed E-state index contributed by atoms with van der Waals surface area (Å²) in [6.07, 6.45) is 2.89. The zero-order valence-corrected chi connectivity index (χ0v) is 16.0. The Labute approximate surface area is 159 Å². The summed E-state index contributed by atoms with van der Waals surface area (Å²) in [6, 6.07) is 2.24. The molecule has 0 bridgehead atoms. The SMILES string of the molecule is O=c1c(-c2cc(NS(=O)(=O)C3CC3)c(Cl)cc2F)c(Cl)n2n1CCCC2. The Morgan fingerprint density at radius 2 is 1.77 bits per heavy atom. The van der Waals surface area contributed by atoms with Crippen molar-refractivity contribution in [3.63, 3.8) is 0 Å². The molecular weight excluding hydrogens is 404 g/mol. The molecule has 1 aromatic carbocycles. The van der Waals surface area contributed by atoms with E-state index in [2.05, 4.69) is 4.72 Å². The fourth-order valence-electron chi connectivity index (χ4n) is 3.19. The first-order valence-electron chi connectivity index (χ1n) is 8.30. The predicted octanol–water partition coefficient (Wildman–Crippen LogP) is 3.46. The first kappa shape index (κ1) is 17.9. The summed E-state index contributed by atoms with van der Waals surface area (Å²) in [5.74, 6) is -0.730. The lowest BCUT2D eigenvalue weighted by atomic mass is 10.1. The maximum atomic E-state index is 14.6. The molecule has 0 spiro atoms. The van der Waals surface area contributed by atoms with E-state index in [-0.39, 0.29) is 27.0 Å². The molecule has 1 aliphatic carbocycles. The van der Waals surface area contributed by atoms with Crippen LogP contribution in [0.3, 0.4) is 0 Å². The van der Waals surface area contributed by atoms with Crippen molar-refractivity contribution >= 4 is 38.9 Å². The van der Waals surface area contributed by atoms with E-state index < -0.39 is 26.6 Å². The fraction of sp³-hybridized carbons (Fsp3) is 0.438. The van der Waals surface area contributed by atoms with Crippen LogP contribution in [0.25, 0.3) is 11.1 Å². The number of rotatable bonds is 4. The zero-order valence-electron chi connectivity index (χ0n) is 13.6. The van der Waals surface area contributed by atoms with E-state index in [0.717, 1.165) is 18.9 Å². The molecule has 0 radical (unpaired) electrons. The molecule has 140 valence electrons. The average Bonchev–Trinajstić information content (AvgIpc) is 3.41. The van der Waals surface area contributed by atoms with E-state index in [1.54, 1.807) is 4.68 Å². The summed E-state index contributed by atoms with van der Waals surface area (Å²) >= 11 is 12.4. The van der Waals surface area contributed by atoms with Gasteiger partial charge in [-0.3, -0.25) is 14.2 Å². The van der Waals surface area contributed by atoms with Gasteiger partial charge >= 0.3 is 0 Å². The molecule has 10 heteroatoms. The number of nitrogens with one attached hydrogen (secondary N) is 1. The maximum absolute atomic E-state index is 14.6. The second-order valence-electron chi connectivity index (χ2n) is 6.58. The molecule has 0 amide bonds. The van der Waals surface area contributed by atoms with E-state index >= 15 is 0 Å². The molecular formula is C16H16Cl2FN3O3S. The van der Waals surface area contributed by atoms with Crippen molar-refractivity contribution in [2.75, 3.05) is 4.72 Å². The normalized spacial score (nSPS) is 17.2. The molecule has 1 aromatic heterocycles. The lowest BCUT2D eigenvalue weighted by Crippen LogP contribution is -2.27. The van der Waals surface area contributed by atoms with Crippen LogP contribution in [0.15, 0.2) is 16.9 Å². The van der Waals surface area contributed by atoms with Crippen molar-refractivity contribution in [3.05, 3.63) is 38.5 Å². The summed E-state index contributed by atoms with van der Waals surface area (Å²) in [6.45, 7) is 1.08. The molecule has 2 heterocycles. The Hall–Kier alpha value is -1.51. The number of nitrogens with zero attached hydrogens (tertiary/aromatic N) is 2. The van der Waals surface area contributed by atoms with Crippen LogP contribution in [0.5, 0.6) is 0 Å². The van der Waals surface area contributed by atoms with Crippen LogP contribution in [0.1, 0.15) is 25.7 Å². The second-order valence-corrected chi connectivity index (χ2v) is 9.31. The summed E-state index contributed by atoms with van der Waals surface area (Å²) in [5.41, 5.74) is -0.395. The van der Waals surface area contributed by atoms with Crippen molar-refractivity contribution in [2.45, 2.75) is 44.0 Å². The third kappa shape index (κ3) is 2.93. The highest BCUT2D eigenvalue weighted by Gasteiger charge is 2.36. The quantitative estimate of drug-likeness (QED) is 0.824. The summed E-state index contributed by atoms with van der Waals surface area (Å²) in [5, 5.41) is -0.384. The van der Waals surface area contributed by atoms with Gasteiger partial charge < -0.3 is 0 Å². The molecule has 2 aliphatic rings. The molecule has 6 nitrogen and oxygen atoms in total. The van der Waals surface area contributed by atoms with Gasteiger partial charge in [-0.1, -0.05) is 23.2 Å². The number of halogens is 3. The van der Waals surface area contributed by atoms with Crippen LogP contribution in [-0.2, 0) is 23.1 Å². The second kappa shape index (κ2) is 6.28. The topological polar surface area (TPSA) is 73.1 Å². The van der Waals surface area contributed by atoms with Gasteiger partial charge in [-0.15, -0.1) is 0 Å². The van der Waals surface area contributed by atoms with E-state index in [4.69, 9.17) is 23.2 Å². The molecule has 1 N–H and O–H groups in total. The van der Waals surface area contributed by atoms with E-state index in [0.29, 0.717) is 25.9 Å². The van der Waals surface area contributed by atoms with Crippen molar-refractivity contribution in [3.8, 4) is 11.1 Å². The van der Waals surface area contributed by atoms with Crippen LogP contribution in [0, 0.1) is 5.82 Å². The largest absolute Gasteiger partial charge is 0.282 e. The highest BCUT2D eigenvalue weighted by atomic mass is 35.5. The Balaban J connectivity index is 1.84. The number of sulfonamides is 1. The molecule has 4 rings (SSSR count). The highest BCUT2D eigenvalue weighted by Crippen LogP contribution is 2.37. The minimum atomic E-state index is -3.58. The number of fused-ring (bicyclic) bond motifs is 1. The van der Waals surface area contributed by atoms with E-state index in [9.17, 15) is 17.6 Å². The molecule has 26 heavy (non-hydrogen) atoms. The summed E-state index contributed by atoms with van der Waals surface area (Å²) in [4.78, 5) is 12.7. The number of hydrogen-bond donors (Lipinski definition) is 1. The first-order chi connectivity index (χ1) is 12.3. The smallest absolute Gasteiger partial charge is 0.276 e. The van der Waals surface area contributed by atoms with Gasteiger partial charge in [0, 0.05) is 18.7 Å². The zero-order chi connectivity index (χ0) is 18.6. The van der Waals surface area contributed by atoms with Gasteiger partial charge in [-0.25, -0.2) is 17.5 Å². The number of benzene rings is 1. The maximum Gasteiger partial charge on any atom is 0.276 e. The molecule has 0 saturated heterocycles. The molecule has 0 atom stereocenters. The molecule has 0 unspecified atom stereocenters. The average molecular weight is 420 g/mol. The highest BCUT2D eigenvalue weighted by molar-refractivity contribution is 7.93. The Morgan fingerprint density at radius 3 is 2.38 bits per heavy atom. The van der Waals surface area contributed by atoms with Gasteiger partial charge in [-0.05, 0) is 37.8 Å². The van der Waals surface area contributed by atoms with E-state index in [1.807, 2.05) is 0 Å². The van der Waals surface area contributed by atoms with Gasteiger partial charge in [0.2, 0.25) is 10.0 Å². The van der Waals surface area contributed by atoms with Crippen LogP contribution in [0.2, 0.25) is 10.2 Å². The van der Waals surface area contributed by atoms with Crippen molar-refractivity contribution in [1.29, 1.82) is 0 Å². The number of anilines is 1. The third-order valence-electron chi connectivity index (χ3n) is 4.70. The molecule has 1 aliphatic heterocycles. The fourth-order valence-corrected chi connectivity index (χ4v) is 5.20. The van der Waals surface area contributed by atoms with Crippen molar-refractivity contribution in [2.24, 2.45) is 0 Å². The molecule has 1 fully saturated rings.